The average molecular weight is 349 g/mol. The van der Waals surface area contributed by atoms with Gasteiger partial charge in [-0.1, -0.05) is 42.8 Å². The first-order valence-electron chi connectivity index (χ1n) is 7.47. The third-order valence-electron chi connectivity index (χ3n) is 5.89. The minimum absolute atomic E-state index is 0.127. The van der Waals surface area contributed by atoms with Crippen LogP contribution in [0.25, 0.3) is 0 Å². The Morgan fingerprint density at radius 2 is 2.14 bits per heavy atom. The van der Waals surface area contributed by atoms with Crippen molar-refractivity contribution in [1.82, 2.24) is 5.43 Å². The molecule has 1 aromatic carbocycles. The number of hydrogen-bond acceptors (Lipinski definition) is 2. The van der Waals surface area contributed by atoms with E-state index in [2.05, 4.69) is 47.2 Å². The van der Waals surface area contributed by atoms with Gasteiger partial charge in [0.15, 0.2) is 0 Å². The summed E-state index contributed by atoms with van der Waals surface area (Å²) in [4.78, 5) is 12.2. The zero-order valence-corrected chi connectivity index (χ0v) is 14.3. The van der Waals surface area contributed by atoms with Gasteiger partial charge in [0, 0.05) is 21.2 Å². The molecule has 2 atom stereocenters. The summed E-state index contributed by atoms with van der Waals surface area (Å²) < 4.78 is 0.899. The Bertz CT molecular complexity index is 623. The second-order valence-corrected chi connectivity index (χ2v) is 7.92. The maximum atomic E-state index is 12.2. The summed E-state index contributed by atoms with van der Waals surface area (Å²) in [7, 11) is 0. The predicted octanol–water partition coefficient (Wildman–Crippen LogP) is 4.38. The number of amides is 1. The van der Waals surface area contributed by atoms with Crippen molar-refractivity contribution in [2.75, 3.05) is 0 Å². The Balaban J connectivity index is 1.77. The number of fused-ring (bicyclic) bond motifs is 2. The molecule has 0 heterocycles. The van der Waals surface area contributed by atoms with Gasteiger partial charge in [-0.05, 0) is 48.8 Å². The van der Waals surface area contributed by atoms with E-state index in [4.69, 9.17) is 0 Å². The molecule has 0 aliphatic heterocycles. The highest BCUT2D eigenvalue weighted by Gasteiger charge is 2.59. The molecule has 2 aliphatic rings. The molecule has 1 N–H and O–H groups in total. The molecule has 1 amide bonds. The van der Waals surface area contributed by atoms with Crippen LogP contribution >= 0.6 is 15.9 Å². The molecule has 2 bridgehead atoms. The van der Waals surface area contributed by atoms with E-state index in [0.717, 1.165) is 16.6 Å². The van der Waals surface area contributed by atoms with Crippen LogP contribution in [0.2, 0.25) is 0 Å². The van der Waals surface area contributed by atoms with Gasteiger partial charge in [0.1, 0.15) is 0 Å². The molecule has 2 fully saturated rings. The van der Waals surface area contributed by atoms with Gasteiger partial charge in [-0.2, -0.15) is 5.10 Å². The number of rotatable bonds is 2. The first kappa shape index (κ1) is 14.8. The van der Waals surface area contributed by atoms with Gasteiger partial charge in [-0.15, -0.1) is 0 Å². The Labute approximate surface area is 134 Å². The molecule has 0 saturated heterocycles. The van der Waals surface area contributed by atoms with Gasteiger partial charge in [-0.25, -0.2) is 5.43 Å². The second kappa shape index (κ2) is 4.94. The smallest absolute Gasteiger partial charge is 0.267 e. The van der Waals surface area contributed by atoms with Crippen molar-refractivity contribution >= 4 is 27.5 Å². The van der Waals surface area contributed by atoms with E-state index in [9.17, 15) is 4.79 Å². The van der Waals surface area contributed by atoms with Crippen LogP contribution in [0, 0.1) is 16.7 Å². The van der Waals surface area contributed by atoms with Crippen LogP contribution in [0.5, 0.6) is 0 Å². The van der Waals surface area contributed by atoms with Gasteiger partial charge < -0.3 is 0 Å². The molecule has 0 unspecified atom stereocenters. The standard InChI is InChI=1S/C17H21BrN2O/c1-16(2)12-7-8-17(16,3)14(10-12)19-20-15(21)11-5-4-6-13(18)9-11/h4-6,9,12H,7-8,10H2,1-3H3,(H,20,21)/b19-14+/t12-,17-/m0/s1. The number of nitrogens with zero attached hydrogens (tertiary/aromatic N) is 1. The Morgan fingerprint density at radius 1 is 1.38 bits per heavy atom. The molecule has 1 aromatic rings. The summed E-state index contributed by atoms with van der Waals surface area (Å²) in [6.07, 6.45) is 3.47. The summed E-state index contributed by atoms with van der Waals surface area (Å²) in [5.41, 5.74) is 4.94. The van der Waals surface area contributed by atoms with Crippen LogP contribution in [0.1, 0.15) is 50.4 Å². The lowest BCUT2D eigenvalue weighted by atomic mass is 9.70. The van der Waals surface area contributed by atoms with Crippen LogP contribution in [0.15, 0.2) is 33.8 Å². The maximum Gasteiger partial charge on any atom is 0.271 e. The molecular weight excluding hydrogens is 328 g/mol. The fourth-order valence-corrected chi connectivity index (χ4v) is 4.31. The fourth-order valence-electron chi connectivity index (χ4n) is 3.91. The minimum Gasteiger partial charge on any atom is -0.267 e. The van der Waals surface area contributed by atoms with Crippen molar-refractivity contribution in [3.05, 3.63) is 34.3 Å². The summed E-state index contributed by atoms with van der Waals surface area (Å²) in [5.74, 6) is 0.553. The third-order valence-corrected chi connectivity index (χ3v) is 6.38. The zero-order chi connectivity index (χ0) is 15.3. The highest BCUT2D eigenvalue weighted by molar-refractivity contribution is 9.10. The molecule has 2 aliphatic carbocycles. The highest BCUT2D eigenvalue weighted by atomic mass is 79.9. The van der Waals surface area contributed by atoms with E-state index >= 15 is 0 Å². The van der Waals surface area contributed by atoms with E-state index in [1.807, 2.05) is 18.2 Å². The molecule has 112 valence electrons. The topological polar surface area (TPSA) is 41.5 Å². The summed E-state index contributed by atoms with van der Waals surface area (Å²) in [6.45, 7) is 6.97. The lowest BCUT2D eigenvalue weighted by molar-refractivity contribution is 0.0954. The van der Waals surface area contributed by atoms with Crippen molar-refractivity contribution in [2.24, 2.45) is 21.8 Å². The summed E-state index contributed by atoms with van der Waals surface area (Å²) >= 11 is 3.38. The minimum atomic E-state index is -0.145. The maximum absolute atomic E-state index is 12.2. The monoisotopic (exact) mass is 348 g/mol. The summed E-state index contributed by atoms with van der Waals surface area (Å²) in [5, 5.41) is 4.48. The average Bonchev–Trinajstić information content (AvgIpc) is 2.77. The van der Waals surface area contributed by atoms with Gasteiger partial charge in [0.2, 0.25) is 0 Å². The second-order valence-electron chi connectivity index (χ2n) is 7.00. The van der Waals surface area contributed by atoms with Crippen LogP contribution in [-0.2, 0) is 0 Å². The molecule has 0 aromatic heterocycles. The van der Waals surface area contributed by atoms with Gasteiger partial charge >= 0.3 is 0 Å². The lowest BCUT2D eigenvalue weighted by Gasteiger charge is -2.34. The number of benzene rings is 1. The summed E-state index contributed by atoms with van der Waals surface area (Å²) in [6, 6.07) is 7.37. The number of carbonyl (C=O) groups is 1. The van der Waals surface area contributed by atoms with Crippen LogP contribution < -0.4 is 5.43 Å². The third kappa shape index (κ3) is 2.24. The quantitative estimate of drug-likeness (QED) is 0.791. The highest BCUT2D eigenvalue weighted by Crippen LogP contribution is 2.63. The molecule has 21 heavy (non-hydrogen) atoms. The molecule has 0 radical (unpaired) electrons. The molecule has 2 saturated carbocycles. The molecule has 0 spiro atoms. The number of halogens is 1. The largest absolute Gasteiger partial charge is 0.271 e. The van der Waals surface area contributed by atoms with Gasteiger partial charge in [0.25, 0.3) is 5.91 Å². The van der Waals surface area contributed by atoms with Crippen LogP contribution in [0.4, 0.5) is 0 Å². The molecule has 4 heteroatoms. The zero-order valence-electron chi connectivity index (χ0n) is 12.7. The lowest BCUT2D eigenvalue weighted by Crippen LogP contribution is -2.34. The van der Waals surface area contributed by atoms with Crippen molar-refractivity contribution in [1.29, 1.82) is 0 Å². The first-order valence-corrected chi connectivity index (χ1v) is 8.27. The number of hydrazone groups is 1. The number of hydrogen-bond donors (Lipinski definition) is 1. The van der Waals surface area contributed by atoms with E-state index < -0.39 is 0 Å². The Morgan fingerprint density at radius 3 is 2.71 bits per heavy atom. The normalized spacial score (nSPS) is 31.6. The van der Waals surface area contributed by atoms with Crippen molar-refractivity contribution in [2.45, 2.75) is 40.0 Å². The van der Waals surface area contributed by atoms with E-state index in [-0.39, 0.29) is 16.7 Å². The molecule has 3 nitrogen and oxygen atoms in total. The van der Waals surface area contributed by atoms with E-state index in [1.54, 1.807) is 6.07 Å². The van der Waals surface area contributed by atoms with Gasteiger partial charge in [-0.3, -0.25) is 4.79 Å². The number of nitrogens with one attached hydrogen (secondary N) is 1. The SMILES string of the molecule is CC1(C)[C@H]2CC[C@@]1(C)/C(=N/NC(=O)c1cccc(Br)c1)C2. The van der Waals surface area contributed by atoms with Gasteiger partial charge in [0.05, 0.1) is 0 Å². The van der Waals surface area contributed by atoms with E-state index in [1.165, 1.54) is 12.8 Å². The van der Waals surface area contributed by atoms with E-state index in [0.29, 0.717) is 11.5 Å². The van der Waals surface area contributed by atoms with Crippen LogP contribution in [-0.4, -0.2) is 11.6 Å². The van der Waals surface area contributed by atoms with Crippen molar-refractivity contribution in [3.8, 4) is 0 Å². The molecule has 3 rings (SSSR count). The number of carbonyl (C=O) groups excluding carboxylic acids is 1. The van der Waals surface area contributed by atoms with Crippen molar-refractivity contribution < 1.29 is 4.79 Å². The first-order chi connectivity index (χ1) is 9.84. The Hall–Kier alpha value is -1.16. The van der Waals surface area contributed by atoms with Crippen LogP contribution in [0.3, 0.4) is 0 Å². The van der Waals surface area contributed by atoms with Crippen molar-refractivity contribution in [3.63, 3.8) is 0 Å². The fraction of sp³-hybridized carbons (Fsp3) is 0.529. The molecular formula is C17H21BrN2O. The predicted molar refractivity (Wildman–Crippen MR) is 88.3 cm³/mol. The Kier molecular flexibility index (Phi) is 3.47.